The van der Waals surface area contributed by atoms with Gasteiger partial charge in [0.2, 0.25) is 0 Å². The first kappa shape index (κ1) is 15.5. The molecule has 0 aromatic heterocycles. The van der Waals surface area contributed by atoms with E-state index in [9.17, 15) is 9.18 Å². The van der Waals surface area contributed by atoms with Gasteiger partial charge in [0.25, 0.3) is 0 Å². The van der Waals surface area contributed by atoms with Crippen molar-refractivity contribution in [3.05, 3.63) is 59.9 Å². The van der Waals surface area contributed by atoms with E-state index in [1.807, 2.05) is 11.0 Å². The van der Waals surface area contributed by atoms with Crippen LogP contribution in [0, 0.1) is 5.82 Å². The Bertz CT molecular complexity index is 679. The zero-order valence-electron chi connectivity index (χ0n) is 12.9. The highest BCUT2D eigenvalue weighted by atomic mass is 19.1. The summed E-state index contributed by atoms with van der Waals surface area (Å²) in [5, 5.41) is 0. The van der Waals surface area contributed by atoms with E-state index in [-0.39, 0.29) is 11.6 Å². The fraction of sp³-hybridized carbons (Fsp3) is 0.278. The lowest BCUT2D eigenvalue weighted by atomic mass is 10.1. The summed E-state index contributed by atoms with van der Waals surface area (Å²) in [5.74, 6) is -0.108. The highest BCUT2D eigenvalue weighted by Gasteiger charge is 2.21. The maximum atomic E-state index is 13.8. The van der Waals surface area contributed by atoms with Crippen LogP contribution in [0.4, 0.5) is 15.8 Å². The number of hydrogen-bond donors (Lipinski definition) is 1. The van der Waals surface area contributed by atoms with Gasteiger partial charge < -0.3 is 10.6 Å². The molecule has 2 N–H and O–H groups in total. The zero-order valence-corrected chi connectivity index (χ0v) is 12.9. The topological polar surface area (TPSA) is 49.6 Å². The molecule has 1 aliphatic rings. The number of Topliss-reactive ketones (excluding diaryl/α,β-unsaturated/α-hetero) is 1. The summed E-state index contributed by atoms with van der Waals surface area (Å²) in [6.07, 6.45) is 0. The first-order valence-electron chi connectivity index (χ1n) is 7.74. The molecule has 0 bridgehead atoms. The average molecular weight is 313 g/mol. The number of benzene rings is 2. The van der Waals surface area contributed by atoms with Crippen LogP contribution in [0.1, 0.15) is 10.4 Å². The van der Waals surface area contributed by atoms with Crippen LogP contribution in [0.15, 0.2) is 48.5 Å². The van der Waals surface area contributed by atoms with Crippen molar-refractivity contribution >= 4 is 17.2 Å². The van der Waals surface area contributed by atoms with E-state index in [0.29, 0.717) is 23.5 Å². The maximum Gasteiger partial charge on any atom is 0.176 e. The predicted octanol–water partition coefficient (Wildman–Crippen LogP) is 2.41. The number of anilines is 2. The SMILES string of the molecule is Nc1ccc(C(=O)CN2CCN(c3ccccc3F)CC2)cc1. The Morgan fingerprint density at radius 2 is 1.65 bits per heavy atom. The Hall–Kier alpha value is -2.40. The van der Waals surface area contributed by atoms with Crippen LogP contribution < -0.4 is 10.6 Å². The number of carbonyl (C=O) groups excluding carboxylic acids is 1. The first-order chi connectivity index (χ1) is 11.1. The van der Waals surface area contributed by atoms with Crippen LogP contribution in [0.2, 0.25) is 0 Å². The lowest BCUT2D eigenvalue weighted by Crippen LogP contribution is -2.48. The molecule has 120 valence electrons. The number of piperazine rings is 1. The Balaban J connectivity index is 1.56. The maximum absolute atomic E-state index is 13.8. The van der Waals surface area contributed by atoms with E-state index < -0.39 is 0 Å². The number of carbonyl (C=O) groups is 1. The van der Waals surface area contributed by atoms with E-state index in [2.05, 4.69) is 4.90 Å². The summed E-state index contributed by atoms with van der Waals surface area (Å²) < 4.78 is 13.8. The van der Waals surface area contributed by atoms with Gasteiger partial charge >= 0.3 is 0 Å². The minimum Gasteiger partial charge on any atom is -0.399 e. The van der Waals surface area contributed by atoms with Crippen molar-refractivity contribution in [2.75, 3.05) is 43.4 Å². The van der Waals surface area contributed by atoms with Crippen molar-refractivity contribution in [3.8, 4) is 0 Å². The second kappa shape index (κ2) is 6.79. The van der Waals surface area contributed by atoms with Crippen LogP contribution in [0.5, 0.6) is 0 Å². The number of nitrogens with two attached hydrogens (primary N) is 1. The standard InChI is InChI=1S/C18H20FN3O/c19-16-3-1-2-4-17(16)22-11-9-21(10-12-22)13-18(23)14-5-7-15(20)8-6-14/h1-8H,9-13,20H2. The molecule has 1 fully saturated rings. The lowest BCUT2D eigenvalue weighted by Gasteiger charge is -2.35. The van der Waals surface area contributed by atoms with Gasteiger partial charge in [-0.15, -0.1) is 0 Å². The number of nitrogens with zero attached hydrogens (tertiary/aromatic N) is 2. The Morgan fingerprint density at radius 1 is 1.00 bits per heavy atom. The fourth-order valence-electron chi connectivity index (χ4n) is 2.82. The van der Waals surface area contributed by atoms with Gasteiger partial charge in [-0.3, -0.25) is 9.69 Å². The quantitative estimate of drug-likeness (QED) is 0.696. The number of ketones is 1. The van der Waals surface area contributed by atoms with Crippen molar-refractivity contribution in [1.29, 1.82) is 0 Å². The number of hydrogen-bond acceptors (Lipinski definition) is 4. The second-order valence-corrected chi connectivity index (χ2v) is 5.76. The van der Waals surface area contributed by atoms with Crippen molar-refractivity contribution in [3.63, 3.8) is 0 Å². The molecule has 1 saturated heterocycles. The summed E-state index contributed by atoms with van der Waals surface area (Å²) in [7, 11) is 0. The summed E-state index contributed by atoms with van der Waals surface area (Å²) in [6.45, 7) is 3.31. The normalized spacial score (nSPS) is 15.6. The first-order valence-corrected chi connectivity index (χ1v) is 7.74. The van der Waals surface area contributed by atoms with E-state index in [0.717, 1.165) is 26.2 Å². The molecule has 0 unspecified atom stereocenters. The van der Waals surface area contributed by atoms with Gasteiger partial charge in [-0.05, 0) is 36.4 Å². The molecular weight excluding hydrogens is 293 g/mol. The number of nitrogen functional groups attached to an aromatic ring is 1. The van der Waals surface area contributed by atoms with Crippen molar-refractivity contribution < 1.29 is 9.18 Å². The molecule has 2 aromatic rings. The van der Waals surface area contributed by atoms with Crippen LogP contribution in [-0.4, -0.2) is 43.4 Å². The minimum absolute atomic E-state index is 0.0874. The molecule has 0 spiro atoms. The van der Waals surface area contributed by atoms with Crippen molar-refractivity contribution in [2.45, 2.75) is 0 Å². The molecule has 0 saturated carbocycles. The number of rotatable bonds is 4. The van der Waals surface area contributed by atoms with E-state index >= 15 is 0 Å². The minimum atomic E-state index is -0.195. The van der Waals surface area contributed by atoms with Crippen LogP contribution in [-0.2, 0) is 0 Å². The van der Waals surface area contributed by atoms with Crippen molar-refractivity contribution in [2.24, 2.45) is 0 Å². The smallest absolute Gasteiger partial charge is 0.176 e. The zero-order chi connectivity index (χ0) is 16.2. The molecule has 1 heterocycles. The van der Waals surface area contributed by atoms with Crippen molar-refractivity contribution in [1.82, 2.24) is 4.90 Å². The number of para-hydroxylation sites is 1. The summed E-state index contributed by atoms with van der Waals surface area (Å²) in [6, 6.07) is 13.8. The van der Waals surface area contributed by atoms with Crippen LogP contribution in [0.3, 0.4) is 0 Å². The lowest BCUT2D eigenvalue weighted by molar-refractivity contribution is 0.0926. The van der Waals surface area contributed by atoms with Gasteiger partial charge in [-0.1, -0.05) is 12.1 Å². The third-order valence-corrected chi connectivity index (χ3v) is 4.17. The molecule has 3 rings (SSSR count). The van der Waals surface area contributed by atoms with Gasteiger partial charge in [0.15, 0.2) is 5.78 Å². The second-order valence-electron chi connectivity index (χ2n) is 5.76. The Morgan fingerprint density at radius 3 is 2.30 bits per heavy atom. The molecule has 5 heteroatoms. The predicted molar refractivity (Wildman–Crippen MR) is 90.2 cm³/mol. The third-order valence-electron chi connectivity index (χ3n) is 4.17. The van der Waals surface area contributed by atoms with Gasteiger partial charge in [0.05, 0.1) is 12.2 Å². The summed E-state index contributed by atoms with van der Waals surface area (Å²) in [5.41, 5.74) is 7.60. The molecule has 0 aliphatic carbocycles. The largest absolute Gasteiger partial charge is 0.399 e. The molecule has 0 atom stereocenters. The van der Waals surface area contributed by atoms with Crippen LogP contribution >= 0.6 is 0 Å². The molecule has 4 nitrogen and oxygen atoms in total. The third kappa shape index (κ3) is 3.68. The summed E-state index contributed by atoms with van der Waals surface area (Å²) in [4.78, 5) is 16.4. The van der Waals surface area contributed by atoms with Gasteiger partial charge in [-0.2, -0.15) is 0 Å². The van der Waals surface area contributed by atoms with Gasteiger partial charge in [0, 0.05) is 37.4 Å². The Labute approximate surface area is 135 Å². The molecule has 1 aliphatic heterocycles. The number of halogens is 1. The highest BCUT2D eigenvalue weighted by molar-refractivity contribution is 5.97. The van der Waals surface area contributed by atoms with E-state index in [4.69, 9.17) is 5.73 Å². The molecular formula is C18H20FN3O. The molecule has 23 heavy (non-hydrogen) atoms. The van der Waals surface area contributed by atoms with Crippen LogP contribution in [0.25, 0.3) is 0 Å². The van der Waals surface area contributed by atoms with E-state index in [1.54, 1.807) is 36.4 Å². The fourth-order valence-corrected chi connectivity index (χ4v) is 2.82. The van der Waals surface area contributed by atoms with Gasteiger partial charge in [-0.25, -0.2) is 4.39 Å². The highest BCUT2D eigenvalue weighted by Crippen LogP contribution is 2.20. The average Bonchev–Trinajstić information content (AvgIpc) is 2.57. The van der Waals surface area contributed by atoms with Gasteiger partial charge in [0.1, 0.15) is 5.82 Å². The van der Waals surface area contributed by atoms with E-state index in [1.165, 1.54) is 6.07 Å². The molecule has 0 radical (unpaired) electrons. The monoisotopic (exact) mass is 313 g/mol. The molecule has 2 aromatic carbocycles. The Kier molecular flexibility index (Phi) is 4.57. The molecule has 0 amide bonds. The summed E-state index contributed by atoms with van der Waals surface area (Å²) >= 11 is 0.